The molecule has 0 radical (unpaired) electrons. The van der Waals surface area contributed by atoms with E-state index in [0.717, 1.165) is 4.73 Å². The number of hydrogen-bond acceptors (Lipinski definition) is 2. The molecule has 1 aromatic heterocycles. The van der Waals surface area contributed by atoms with Crippen molar-refractivity contribution in [1.29, 1.82) is 0 Å². The van der Waals surface area contributed by atoms with Gasteiger partial charge in [-0.15, -0.1) is 11.8 Å². The van der Waals surface area contributed by atoms with Crippen LogP contribution in [0.1, 0.15) is 26.7 Å². The summed E-state index contributed by atoms with van der Waals surface area (Å²) < 4.78 is 0.816. The van der Waals surface area contributed by atoms with E-state index in [-0.39, 0.29) is 0 Å². The molecule has 0 aromatic carbocycles. The second kappa shape index (κ2) is 5.12. The summed E-state index contributed by atoms with van der Waals surface area (Å²) in [7, 11) is 0. The fraction of sp³-hybridized carbons (Fsp3) is 0.500. The highest BCUT2D eigenvalue weighted by Gasteiger charge is 2.05. The second-order valence-corrected chi connectivity index (χ2v) is 4.32. The van der Waals surface area contributed by atoms with Crippen LogP contribution in [0.5, 0.6) is 0 Å². The van der Waals surface area contributed by atoms with Crippen molar-refractivity contribution < 1.29 is 4.73 Å². The van der Waals surface area contributed by atoms with Crippen molar-refractivity contribution in [1.82, 2.24) is 0 Å². The lowest BCUT2D eigenvalue weighted by Gasteiger charge is -2.10. The number of thioether (sulfide) groups is 1. The molecule has 2 nitrogen and oxygen atoms in total. The molecule has 0 unspecified atom stereocenters. The Balaban J connectivity index is 2.58. The summed E-state index contributed by atoms with van der Waals surface area (Å²) in [5, 5.41) is 11.4. The first kappa shape index (κ1) is 10.4. The maximum atomic E-state index is 10.8. The van der Waals surface area contributed by atoms with Gasteiger partial charge in [0.1, 0.15) is 0 Å². The van der Waals surface area contributed by atoms with Gasteiger partial charge in [0.15, 0.2) is 12.4 Å². The lowest BCUT2D eigenvalue weighted by Crippen LogP contribution is -2.23. The first-order chi connectivity index (χ1) is 6.26. The molecular formula is C10H15NOS. The molecule has 13 heavy (non-hydrogen) atoms. The largest absolute Gasteiger partial charge is 0.619 e. The van der Waals surface area contributed by atoms with Crippen molar-refractivity contribution in [2.45, 2.75) is 36.8 Å². The second-order valence-electron chi connectivity index (χ2n) is 2.95. The van der Waals surface area contributed by atoms with E-state index in [0.29, 0.717) is 5.25 Å². The third-order valence-electron chi connectivity index (χ3n) is 1.98. The van der Waals surface area contributed by atoms with E-state index in [1.165, 1.54) is 17.7 Å². The van der Waals surface area contributed by atoms with E-state index >= 15 is 0 Å². The van der Waals surface area contributed by atoms with Gasteiger partial charge in [-0.25, -0.2) is 0 Å². The Morgan fingerprint density at radius 3 is 2.31 bits per heavy atom. The summed E-state index contributed by atoms with van der Waals surface area (Å²) in [5.41, 5.74) is 0. The van der Waals surface area contributed by atoms with E-state index in [9.17, 15) is 5.21 Å². The van der Waals surface area contributed by atoms with Gasteiger partial charge in [-0.1, -0.05) is 13.8 Å². The number of pyridine rings is 1. The molecule has 0 bridgehead atoms. The SMILES string of the molecule is CCC(CC)Sc1cc[n+]([O-])cc1. The van der Waals surface area contributed by atoms with Gasteiger partial charge in [-0.3, -0.25) is 0 Å². The monoisotopic (exact) mass is 197 g/mol. The fourth-order valence-corrected chi connectivity index (χ4v) is 2.12. The standard InChI is InChI=1S/C10H15NOS/c1-3-9(4-2)13-10-5-7-11(12)8-6-10/h5-9H,3-4H2,1-2H3. The van der Waals surface area contributed by atoms with E-state index in [1.807, 2.05) is 23.9 Å². The molecule has 0 saturated heterocycles. The van der Waals surface area contributed by atoms with Gasteiger partial charge in [0, 0.05) is 22.3 Å². The predicted molar refractivity (Wildman–Crippen MR) is 55.6 cm³/mol. The molecule has 0 N–H and O–H groups in total. The van der Waals surface area contributed by atoms with E-state index in [4.69, 9.17) is 0 Å². The summed E-state index contributed by atoms with van der Waals surface area (Å²) >= 11 is 1.85. The van der Waals surface area contributed by atoms with E-state index < -0.39 is 0 Å². The summed E-state index contributed by atoms with van der Waals surface area (Å²) in [4.78, 5) is 1.18. The van der Waals surface area contributed by atoms with Gasteiger partial charge >= 0.3 is 0 Å². The van der Waals surface area contributed by atoms with Crippen molar-refractivity contribution in [3.05, 3.63) is 29.7 Å². The van der Waals surface area contributed by atoms with Crippen LogP contribution < -0.4 is 4.73 Å². The maximum Gasteiger partial charge on any atom is 0.181 e. The van der Waals surface area contributed by atoms with Crippen molar-refractivity contribution >= 4 is 11.8 Å². The molecule has 1 heterocycles. The number of nitrogens with zero attached hydrogens (tertiary/aromatic N) is 1. The van der Waals surface area contributed by atoms with Crippen molar-refractivity contribution in [2.24, 2.45) is 0 Å². The average Bonchev–Trinajstić information content (AvgIpc) is 2.17. The number of hydrogen-bond donors (Lipinski definition) is 0. The molecule has 0 aliphatic rings. The Morgan fingerprint density at radius 2 is 1.85 bits per heavy atom. The first-order valence-electron chi connectivity index (χ1n) is 4.61. The van der Waals surface area contributed by atoms with E-state index in [2.05, 4.69) is 13.8 Å². The van der Waals surface area contributed by atoms with Crippen LogP contribution in [0.3, 0.4) is 0 Å². The molecule has 0 aliphatic carbocycles. The summed E-state index contributed by atoms with van der Waals surface area (Å²) in [5.74, 6) is 0. The summed E-state index contributed by atoms with van der Waals surface area (Å²) in [6.45, 7) is 4.38. The molecular weight excluding hydrogens is 182 g/mol. The van der Waals surface area contributed by atoms with Gasteiger partial charge in [0.05, 0.1) is 0 Å². The van der Waals surface area contributed by atoms with Gasteiger partial charge in [0.2, 0.25) is 0 Å². The highest BCUT2D eigenvalue weighted by atomic mass is 32.2. The van der Waals surface area contributed by atoms with Crippen LogP contribution in [0, 0.1) is 5.21 Å². The molecule has 1 aromatic rings. The minimum atomic E-state index is 0.669. The van der Waals surface area contributed by atoms with Crippen LogP contribution in [-0.4, -0.2) is 5.25 Å². The molecule has 0 amide bonds. The molecule has 0 spiro atoms. The Hall–Kier alpha value is -0.700. The lowest BCUT2D eigenvalue weighted by atomic mass is 10.3. The Morgan fingerprint density at radius 1 is 1.31 bits per heavy atom. The zero-order valence-electron chi connectivity index (χ0n) is 8.06. The van der Waals surface area contributed by atoms with Crippen molar-refractivity contribution in [3.8, 4) is 0 Å². The average molecular weight is 197 g/mol. The third-order valence-corrected chi connectivity index (χ3v) is 3.53. The normalized spacial score (nSPS) is 10.7. The highest BCUT2D eigenvalue weighted by molar-refractivity contribution is 8.00. The molecule has 3 heteroatoms. The summed E-state index contributed by atoms with van der Waals surface area (Å²) in [6.07, 6.45) is 5.44. The fourth-order valence-electron chi connectivity index (χ4n) is 1.13. The van der Waals surface area contributed by atoms with Gasteiger partial charge in [0.25, 0.3) is 0 Å². The molecule has 0 atom stereocenters. The quantitative estimate of drug-likeness (QED) is 0.421. The molecule has 0 fully saturated rings. The van der Waals surface area contributed by atoms with Crippen LogP contribution in [0.2, 0.25) is 0 Å². The molecule has 72 valence electrons. The number of rotatable bonds is 4. The minimum Gasteiger partial charge on any atom is -0.619 e. The van der Waals surface area contributed by atoms with Crippen LogP contribution in [0.25, 0.3) is 0 Å². The highest BCUT2D eigenvalue weighted by Crippen LogP contribution is 2.26. The molecule has 1 rings (SSSR count). The summed E-state index contributed by atoms with van der Waals surface area (Å²) in [6, 6.07) is 3.74. The Kier molecular flexibility index (Phi) is 4.09. The molecule has 0 aliphatic heterocycles. The third kappa shape index (κ3) is 3.27. The Labute approximate surface area is 83.6 Å². The number of aromatic nitrogens is 1. The van der Waals surface area contributed by atoms with Crippen LogP contribution in [0.4, 0.5) is 0 Å². The van der Waals surface area contributed by atoms with E-state index in [1.54, 1.807) is 12.4 Å². The van der Waals surface area contributed by atoms with Crippen LogP contribution in [0.15, 0.2) is 29.4 Å². The smallest absolute Gasteiger partial charge is 0.181 e. The van der Waals surface area contributed by atoms with Crippen molar-refractivity contribution in [2.75, 3.05) is 0 Å². The van der Waals surface area contributed by atoms with Gasteiger partial charge in [-0.05, 0) is 12.8 Å². The Bertz CT molecular complexity index is 244. The first-order valence-corrected chi connectivity index (χ1v) is 5.49. The zero-order chi connectivity index (χ0) is 9.68. The van der Waals surface area contributed by atoms with Crippen LogP contribution >= 0.6 is 11.8 Å². The minimum absolute atomic E-state index is 0.669. The lowest BCUT2D eigenvalue weighted by molar-refractivity contribution is -0.605. The predicted octanol–water partition coefficient (Wildman–Crippen LogP) is 2.60. The molecule has 0 saturated carbocycles. The van der Waals surface area contributed by atoms with Gasteiger partial charge in [-0.2, -0.15) is 4.73 Å². The van der Waals surface area contributed by atoms with Gasteiger partial charge < -0.3 is 5.21 Å². The van der Waals surface area contributed by atoms with Crippen molar-refractivity contribution in [3.63, 3.8) is 0 Å². The zero-order valence-corrected chi connectivity index (χ0v) is 8.88. The van der Waals surface area contributed by atoms with Crippen LogP contribution in [-0.2, 0) is 0 Å². The topological polar surface area (TPSA) is 26.9 Å². The maximum absolute atomic E-state index is 10.8.